The Morgan fingerprint density at radius 3 is 2.73 bits per heavy atom. The minimum absolute atomic E-state index is 0.0167. The van der Waals surface area contributed by atoms with Gasteiger partial charge in [-0.15, -0.1) is 0 Å². The molecule has 0 spiro atoms. The van der Waals surface area contributed by atoms with Crippen molar-refractivity contribution < 1.29 is 37.0 Å². The Kier molecular flexibility index (Phi) is 6.90. The molecule has 0 saturated heterocycles. The molecule has 2 rings (SSSR count). The van der Waals surface area contributed by atoms with Crippen molar-refractivity contribution in [3.05, 3.63) is 58.0 Å². The van der Waals surface area contributed by atoms with Gasteiger partial charge in [0.05, 0.1) is 7.11 Å². The zero-order valence-electron chi connectivity index (χ0n) is 13.4. The Morgan fingerprint density at radius 2 is 2.04 bits per heavy atom. The van der Waals surface area contributed by atoms with Gasteiger partial charge in [-0.3, -0.25) is 0 Å². The summed E-state index contributed by atoms with van der Waals surface area (Å²) in [4.78, 5) is 23.0. The SMILES string of the molecule is COC(=O)c1ccc(COC(=O)/C=C/c2cc(Br)ccc2OC(F)F)o1. The van der Waals surface area contributed by atoms with Gasteiger partial charge in [-0.2, -0.15) is 8.78 Å². The number of halogens is 3. The number of esters is 2. The maximum absolute atomic E-state index is 12.4. The van der Waals surface area contributed by atoms with E-state index in [1.54, 1.807) is 0 Å². The van der Waals surface area contributed by atoms with Crippen LogP contribution in [0, 0.1) is 0 Å². The van der Waals surface area contributed by atoms with Crippen LogP contribution < -0.4 is 4.74 Å². The van der Waals surface area contributed by atoms with E-state index in [9.17, 15) is 18.4 Å². The van der Waals surface area contributed by atoms with E-state index in [0.29, 0.717) is 4.47 Å². The van der Waals surface area contributed by atoms with Gasteiger partial charge in [0.25, 0.3) is 0 Å². The molecule has 1 heterocycles. The maximum atomic E-state index is 12.4. The van der Waals surface area contributed by atoms with Crippen molar-refractivity contribution in [2.24, 2.45) is 0 Å². The molecule has 0 bridgehead atoms. The summed E-state index contributed by atoms with van der Waals surface area (Å²) in [7, 11) is 1.21. The number of carbonyl (C=O) groups is 2. The summed E-state index contributed by atoms with van der Waals surface area (Å²) in [5.41, 5.74) is 0.266. The number of hydrogen-bond donors (Lipinski definition) is 0. The lowest BCUT2D eigenvalue weighted by molar-refractivity contribution is -0.139. The largest absolute Gasteiger partial charge is 0.463 e. The predicted molar refractivity (Wildman–Crippen MR) is 89.7 cm³/mol. The Bertz CT molecular complexity index is 815. The lowest BCUT2D eigenvalue weighted by Crippen LogP contribution is -2.03. The zero-order valence-corrected chi connectivity index (χ0v) is 15.0. The molecule has 1 aromatic heterocycles. The summed E-state index contributed by atoms with van der Waals surface area (Å²) in [6.07, 6.45) is 2.34. The van der Waals surface area contributed by atoms with Crippen molar-refractivity contribution >= 4 is 33.9 Å². The van der Waals surface area contributed by atoms with Gasteiger partial charge in [-0.05, 0) is 36.4 Å². The van der Waals surface area contributed by atoms with Gasteiger partial charge in [-0.1, -0.05) is 15.9 Å². The van der Waals surface area contributed by atoms with Gasteiger partial charge in [0, 0.05) is 16.1 Å². The Morgan fingerprint density at radius 1 is 1.27 bits per heavy atom. The fourth-order valence-corrected chi connectivity index (χ4v) is 2.25. The zero-order chi connectivity index (χ0) is 19.1. The molecular formula is C17H13BrF2O6. The highest BCUT2D eigenvalue weighted by Gasteiger charge is 2.12. The van der Waals surface area contributed by atoms with Crippen LogP contribution in [0.5, 0.6) is 5.75 Å². The smallest absolute Gasteiger partial charge is 0.387 e. The van der Waals surface area contributed by atoms with Crippen molar-refractivity contribution in [1.82, 2.24) is 0 Å². The average Bonchev–Trinajstić information content (AvgIpc) is 3.08. The van der Waals surface area contributed by atoms with Crippen molar-refractivity contribution in [2.45, 2.75) is 13.2 Å². The number of benzene rings is 1. The molecule has 26 heavy (non-hydrogen) atoms. The molecule has 1 aromatic carbocycles. The molecule has 0 saturated carbocycles. The van der Waals surface area contributed by atoms with Crippen LogP contribution in [-0.2, 0) is 20.9 Å². The van der Waals surface area contributed by atoms with E-state index in [2.05, 4.69) is 25.4 Å². The van der Waals surface area contributed by atoms with E-state index >= 15 is 0 Å². The number of methoxy groups -OCH3 is 1. The third kappa shape index (κ3) is 5.69. The standard InChI is InChI=1S/C17H13BrF2O6/c1-23-16(22)14-6-4-12(25-14)9-24-15(21)7-2-10-8-11(18)3-5-13(10)26-17(19)20/h2-8,17H,9H2,1H3/b7-2+. The molecule has 0 aliphatic rings. The number of ether oxygens (including phenoxy) is 3. The maximum Gasteiger partial charge on any atom is 0.387 e. The van der Waals surface area contributed by atoms with Crippen molar-refractivity contribution in [3.63, 3.8) is 0 Å². The Labute approximate surface area is 155 Å². The van der Waals surface area contributed by atoms with E-state index in [4.69, 9.17) is 9.15 Å². The molecule has 9 heteroatoms. The van der Waals surface area contributed by atoms with E-state index in [1.165, 1.54) is 43.5 Å². The molecule has 0 atom stereocenters. The third-order valence-electron chi connectivity index (χ3n) is 2.99. The van der Waals surface area contributed by atoms with E-state index in [-0.39, 0.29) is 29.4 Å². The molecule has 0 aliphatic heterocycles. The Balaban J connectivity index is 1.98. The van der Waals surface area contributed by atoms with E-state index in [0.717, 1.165) is 6.08 Å². The van der Waals surface area contributed by atoms with Crippen molar-refractivity contribution in [1.29, 1.82) is 0 Å². The molecule has 0 amide bonds. The number of furan rings is 1. The Hall–Kier alpha value is -2.68. The van der Waals surface area contributed by atoms with Crippen LogP contribution in [0.2, 0.25) is 0 Å². The first-order valence-corrected chi connectivity index (χ1v) is 7.94. The minimum atomic E-state index is -2.99. The van der Waals surface area contributed by atoms with Crippen LogP contribution >= 0.6 is 15.9 Å². The first-order chi connectivity index (χ1) is 12.4. The minimum Gasteiger partial charge on any atom is -0.463 e. The number of alkyl halides is 2. The molecular weight excluding hydrogens is 418 g/mol. The quantitative estimate of drug-likeness (QED) is 0.484. The van der Waals surface area contributed by atoms with Gasteiger partial charge >= 0.3 is 18.6 Å². The van der Waals surface area contributed by atoms with Gasteiger partial charge in [0.2, 0.25) is 5.76 Å². The molecule has 0 radical (unpaired) electrons. The van der Waals surface area contributed by atoms with Gasteiger partial charge in [-0.25, -0.2) is 9.59 Å². The number of hydrogen-bond acceptors (Lipinski definition) is 6. The summed E-state index contributed by atoms with van der Waals surface area (Å²) in [5, 5.41) is 0. The summed E-state index contributed by atoms with van der Waals surface area (Å²) in [5.74, 6) is -1.23. The second-order valence-corrected chi connectivity index (χ2v) is 5.67. The first kappa shape index (κ1) is 19.6. The topological polar surface area (TPSA) is 75.0 Å². The number of rotatable bonds is 7. The monoisotopic (exact) mass is 430 g/mol. The molecule has 6 nitrogen and oxygen atoms in total. The summed E-state index contributed by atoms with van der Waals surface area (Å²) in [6.45, 7) is -3.20. The lowest BCUT2D eigenvalue weighted by atomic mass is 10.2. The van der Waals surface area contributed by atoms with E-state index in [1.807, 2.05) is 0 Å². The van der Waals surface area contributed by atoms with Crippen molar-refractivity contribution in [2.75, 3.05) is 7.11 Å². The van der Waals surface area contributed by atoms with Gasteiger partial charge < -0.3 is 18.6 Å². The first-order valence-electron chi connectivity index (χ1n) is 7.15. The highest BCUT2D eigenvalue weighted by Crippen LogP contribution is 2.26. The fraction of sp³-hybridized carbons (Fsp3) is 0.176. The molecule has 0 aliphatic carbocycles. The van der Waals surface area contributed by atoms with E-state index < -0.39 is 18.6 Å². The molecule has 0 unspecified atom stereocenters. The molecule has 0 fully saturated rings. The van der Waals surface area contributed by atoms with Crippen LogP contribution in [0.25, 0.3) is 6.08 Å². The summed E-state index contributed by atoms with van der Waals surface area (Å²) >= 11 is 3.21. The molecule has 138 valence electrons. The fourth-order valence-electron chi connectivity index (χ4n) is 1.87. The highest BCUT2D eigenvalue weighted by atomic mass is 79.9. The predicted octanol–water partition coefficient (Wildman–Crippen LogP) is 4.19. The van der Waals surface area contributed by atoms with Crippen LogP contribution in [-0.4, -0.2) is 25.7 Å². The summed E-state index contributed by atoms with van der Waals surface area (Å²) in [6, 6.07) is 7.24. The second kappa shape index (κ2) is 9.14. The lowest BCUT2D eigenvalue weighted by Gasteiger charge is -2.08. The van der Waals surface area contributed by atoms with Crippen LogP contribution in [0.3, 0.4) is 0 Å². The van der Waals surface area contributed by atoms with Crippen LogP contribution in [0.15, 0.2) is 45.3 Å². The molecule has 2 aromatic rings. The average molecular weight is 431 g/mol. The highest BCUT2D eigenvalue weighted by molar-refractivity contribution is 9.10. The number of carbonyl (C=O) groups excluding carboxylic acids is 2. The van der Waals surface area contributed by atoms with Gasteiger partial charge in [0.1, 0.15) is 18.1 Å². The van der Waals surface area contributed by atoms with Crippen LogP contribution in [0.1, 0.15) is 21.9 Å². The summed E-state index contributed by atoms with van der Waals surface area (Å²) < 4.78 is 44.4. The second-order valence-electron chi connectivity index (χ2n) is 4.76. The normalized spacial score (nSPS) is 11.0. The molecule has 0 N–H and O–H groups in total. The van der Waals surface area contributed by atoms with Gasteiger partial charge in [0.15, 0.2) is 0 Å². The van der Waals surface area contributed by atoms with Crippen LogP contribution in [0.4, 0.5) is 8.78 Å². The third-order valence-corrected chi connectivity index (χ3v) is 3.49. The van der Waals surface area contributed by atoms with Crippen molar-refractivity contribution in [3.8, 4) is 5.75 Å².